The average Bonchev–Trinajstić information content (AvgIpc) is 3.03. The van der Waals surface area contributed by atoms with E-state index >= 15 is 0 Å². The van der Waals surface area contributed by atoms with Crippen LogP contribution in [0.25, 0.3) is 0 Å². The molecule has 0 spiro atoms. The summed E-state index contributed by atoms with van der Waals surface area (Å²) in [6.45, 7) is 2.54. The smallest absolute Gasteiger partial charge is 0.127 e. The molecular weight excluding hydrogens is 318 g/mol. The van der Waals surface area contributed by atoms with Crippen molar-refractivity contribution in [1.29, 1.82) is 0 Å². The van der Waals surface area contributed by atoms with Gasteiger partial charge in [0.15, 0.2) is 0 Å². The molecule has 4 nitrogen and oxygen atoms in total. The molecule has 0 bridgehead atoms. The monoisotopic (exact) mass is 335 g/mol. The fraction of sp³-hybridized carbons (Fsp3) is 0.400. The van der Waals surface area contributed by atoms with Crippen molar-refractivity contribution in [2.24, 2.45) is 7.05 Å². The zero-order chi connectivity index (χ0) is 13.9. The molecular formula is C15H18BrN3O. The number of nitrogens with zero attached hydrogens (tertiary/aromatic N) is 2. The molecule has 0 aliphatic carbocycles. The Morgan fingerprint density at radius 1 is 1.45 bits per heavy atom. The number of hydrogen-bond acceptors (Lipinski definition) is 3. The van der Waals surface area contributed by atoms with Crippen LogP contribution in [0.3, 0.4) is 0 Å². The number of hydrogen-bond donors (Lipinski definition) is 1. The van der Waals surface area contributed by atoms with Gasteiger partial charge in [-0.15, -0.1) is 0 Å². The summed E-state index contributed by atoms with van der Waals surface area (Å²) in [4.78, 5) is 0. The van der Waals surface area contributed by atoms with Gasteiger partial charge in [0, 0.05) is 49.2 Å². The van der Waals surface area contributed by atoms with Crippen molar-refractivity contribution < 1.29 is 4.74 Å². The maximum absolute atomic E-state index is 5.73. The van der Waals surface area contributed by atoms with Crippen molar-refractivity contribution in [2.45, 2.75) is 19.4 Å². The Balaban J connectivity index is 1.56. The molecule has 1 N–H and O–H groups in total. The largest absolute Gasteiger partial charge is 0.493 e. The minimum atomic E-state index is 0.798. The van der Waals surface area contributed by atoms with E-state index in [4.69, 9.17) is 4.74 Å². The van der Waals surface area contributed by atoms with Gasteiger partial charge in [0.2, 0.25) is 0 Å². The van der Waals surface area contributed by atoms with E-state index in [1.807, 2.05) is 17.9 Å². The maximum atomic E-state index is 5.73. The number of aryl methyl sites for hydroxylation is 1. The van der Waals surface area contributed by atoms with Crippen molar-refractivity contribution in [1.82, 2.24) is 15.1 Å². The van der Waals surface area contributed by atoms with Crippen LogP contribution in [0, 0.1) is 0 Å². The highest BCUT2D eigenvalue weighted by Gasteiger charge is 2.16. The maximum Gasteiger partial charge on any atom is 0.127 e. The van der Waals surface area contributed by atoms with Gasteiger partial charge in [-0.25, -0.2) is 0 Å². The van der Waals surface area contributed by atoms with Gasteiger partial charge >= 0.3 is 0 Å². The van der Waals surface area contributed by atoms with Gasteiger partial charge in [0.1, 0.15) is 5.75 Å². The van der Waals surface area contributed by atoms with Crippen LogP contribution in [-0.4, -0.2) is 22.9 Å². The molecule has 5 heteroatoms. The van der Waals surface area contributed by atoms with Gasteiger partial charge in [0.25, 0.3) is 0 Å². The van der Waals surface area contributed by atoms with E-state index in [2.05, 4.69) is 44.5 Å². The molecule has 0 atom stereocenters. The normalized spacial score (nSPS) is 13.3. The highest BCUT2D eigenvalue weighted by Crippen LogP contribution is 2.32. The van der Waals surface area contributed by atoms with E-state index in [-0.39, 0.29) is 0 Å². The number of halogens is 1. The van der Waals surface area contributed by atoms with E-state index in [1.54, 1.807) is 0 Å². The van der Waals surface area contributed by atoms with Gasteiger partial charge in [-0.05, 0) is 23.8 Å². The fourth-order valence-electron chi connectivity index (χ4n) is 2.51. The number of nitrogens with one attached hydrogen (secondary N) is 1. The molecule has 106 valence electrons. The third-order valence-corrected chi connectivity index (χ3v) is 3.93. The second-order valence-electron chi connectivity index (χ2n) is 5.06. The van der Waals surface area contributed by atoms with Crippen LogP contribution in [-0.2, 0) is 26.4 Å². The second-order valence-corrected chi connectivity index (χ2v) is 5.97. The fourth-order valence-corrected chi connectivity index (χ4v) is 3.07. The highest BCUT2D eigenvalue weighted by atomic mass is 79.9. The van der Waals surface area contributed by atoms with E-state index in [1.165, 1.54) is 11.1 Å². The summed E-state index contributed by atoms with van der Waals surface area (Å²) in [6, 6.07) is 6.35. The van der Waals surface area contributed by atoms with E-state index in [0.717, 1.165) is 48.5 Å². The molecule has 0 amide bonds. The molecule has 3 rings (SSSR count). The molecule has 0 fully saturated rings. The van der Waals surface area contributed by atoms with Crippen LogP contribution in [0.4, 0.5) is 0 Å². The summed E-state index contributed by atoms with van der Waals surface area (Å²) < 4.78 is 8.69. The first-order chi connectivity index (χ1) is 9.72. The Kier molecular flexibility index (Phi) is 4.08. The Labute approximate surface area is 127 Å². The molecule has 2 heterocycles. The van der Waals surface area contributed by atoms with E-state index in [9.17, 15) is 0 Å². The van der Waals surface area contributed by atoms with Crippen LogP contribution in [0.2, 0.25) is 0 Å². The Morgan fingerprint density at radius 3 is 3.15 bits per heavy atom. The van der Waals surface area contributed by atoms with E-state index < -0.39 is 0 Å². The quantitative estimate of drug-likeness (QED) is 0.853. The minimum Gasteiger partial charge on any atom is -0.493 e. The SMILES string of the molecule is Cn1ccc(CCNCc2cc(Br)cc3c2OCC3)n1. The lowest BCUT2D eigenvalue weighted by atomic mass is 10.1. The lowest BCUT2D eigenvalue weighted by Gasteiger charge is -2.10. The van der Waals surface area contributed by atoms with Crippen LogP contribution >= 0.6 is 15.9 Å². The van der Waals surface area contributed by atoms with Crippen LogP contribution < -0.4 is 10.1 Å². The summed E-state index contributed by atoms with van der Waals surface area (Å²) in [6.07, 6.45) is 3.93. The first kappa shape index (κ1) is 13.6. The van der Waals surface area contributed by atoms with Gasteiger partial charge in [-0.1, -0.05) is 15.9 Å². The van der Waals surface area contributed by atoms with E-state index in [0.29, 0.717) is 0 Å². The summed E-state index contributed by atoms with van der Waals surface area (Å²) >= 11 is 3.57. The third kappa shape index (κ3) is 3.04. The molecule has 2 aromatic rings. The number of rotatable bonds is 5. The number of fused-ring (bicyclic) bond motifs is 1. The molecule has 0 saturated carbocycles. The van der Waals surface area contributed by atoms with Gasteiger partial charge in [0.05, 0.1) is 12.3 Å². The van der Waals surface area contributed by atoms with Crippen molar-refractivity contribution in [2.75, 3.05) is 13.2 Å². The molecule has 0 unspecified atom stereocenters. The molecule has 1 aliphatic heterocycles. The lowest BCUT2D eigenvalue weighted by Crippen LogP contribution is -2.17. The molecule has 20 heavy (non-hydrogen) atoms. The standard InChI is InChI=1S/C15H18BrN3O/c1-19-6-3-14(18-19)2-5-17-10-12-9-13(16)8-11-4-7-20-15(11)12/h3,6,8-9,17H,2,4-5,7,10H2,1H3. The van der Waals surface area contributed by atoms with Crippen molar-refractivity contribution in [3.05, 3.63) is 45.7 Å². The second kappa shape index (κ2) is 5.97. The average molecular weight is 336 g/mol. The number of benzene rings is 1. The third-order valence-electron chi connectivity index (χ3n) is 3.47. The van der Waals surface area contributed by atoms with Crippen molar-refractivity contribution in [3.63, 3.8) is 0 Å². The van der Waals surface area contributed by atoms with Crippen LogP contribution in [0.1, 0.15) is 16.8 Å². The summed E-state index contributed by atoms with van der Waals surface area (Å²) in [5.41, 5.74) is 3.66. The first-order valence-electron chi connectivity index (χ1n) is 6.86. The topological polar surface area (TPSA) is 39.1 Å². The molecule has 0 radical (unpaired) electrons. The molecule has 1 aliphatic rings. The molecule has 0 saturated heterocycles. The summed E-state index contributed by atoms with van der Waals surface area (Å²) in [5, 5.41) is 7.84. The summed E-state index contributed by atoms with van der Waals surface area (Å²) in [7, 11) is 1.94. The minimum absolute atomic E-state index is 0.798. The van der Waals surface area contributed by atoms with Crippen molar-refractivity contribution >= 4 is 15.9 Å². The van der Waals surface area contributed by atoms with Crippen molar-refractivity contribution in [3.8, 4) is 5.75 Å². The van der Waals surface area contributed by atoms with Crippen LogP contribution in [0.5, 0.6) is 5.75 Å². The van der Waals surface area contributed by atoms with Gasteiger partial charge in [-0.3, -0.25) is 4.68 Å². The predicted octanol–water partition coefficient (Wildman–Crippen LogP) is 2.45. The predicted molar refractivity (Wildman–Crippen MR) is 82.0 cm³/mol. The van der Waals surface area contributed by atoms with Gasteiger partial charge < -0.3 is 10.1 Å². The number of ether oxygens (including phenoxy) is 1. The number of aromatic nitrogens is 2. The Morgan fingerprint density at radius 2 is 2.35 bits per heavy atom. The Hall–Kier alpha value is -1.33. The Bertz CT molecular complexity index is 609. The molecule has 1 aromatic heterocycles. The lowest BCUT2D eigenvalue weighted by molar-refractivity contribution is 0.352. The van der Waals surface area contributed by atoms with Gasteiger partial charge in [-0.2, -0.15) is 5.10 Å². The first-order valence-corrected chi connectivity index (χ1v) is 7.65. The van der Waals surface area contributed by atoms with Crippen LogP contribution in [0.15, 0.2) is 28.9 Å². The summed E-state index contributed by atoms with van der Waals surface area (Å²) in [5.74, 6) is 1.07. The highest BCUT2D eigenvalue weighted by molar-refractivity contribution is 9.10. The molecule has 1 aromatic carbocycles. The zero-order valence-electron chi connectivity index (χ0n) is 11.5. The zero-order valence-corrected chi connectivity index (χ0v) is 13.1.